The van der Waals surface area contributed by atoms with Crippen LogP contribution in [0.1, 0.15) is 11.1 Å². The average molecular weight is 583 g/mol. The second kappa shape index (κ2) is 12.6. The van der Waals surface area contributed by atoms with E-state index < -0.39 is 34.4 Å². The number of rotatable bonds is 10. The number of likely N-dealkylation sites (N-methyl/N-ethyl adjacent to an activating group) is 1. The van der Waals surface area contributed by atoms with Gasteiger partial charge in [-0.2, -0.15) is 0 Å². The van der Waals surface area contributed by atoms with Gasteiger partial charge in [0.15, 0.2) is 0 Å². The van der Waals surface area contributed by atoms with Crippen LogP contribution in [-0.2, 0) is 32.6 Å². The summed E-state index contributed by atoms with van der Waals surface area (Å²) in [5.74, 6) is -1.03. The van der Waals surface area contributed by atoms with E-state index in [4.69, 9.17) is 34.8 Å². The molecule has 7 nitrogen and oxygen atoms in total. The molecule has 1 atom stereocenters. The highest BCUT2D eigenvalue weighted by Crippen LogP contribution is 2.31. The molecule has 196 valence electrons. The van der Waals surface area contributed by atoms with E-state index in [1.54, 1.807) is 24.3 Å². The van der Waals surface area contributed by atoms with Crippen molar-refractivity contribution in [1.29, 1.82) is 0 Å². The Bertz CT molecular complexity index is 1370. The van der Waals surface area contributed by atoms with Crippen LogP contribution in [0.5, 0.6) is 0 Å². The molecular formula is C26H26Cl3N3O4S. The van der Waals surface area contributed by atoms with Crippen LogP contribution in [0.3, 0.4) is 0 Å². The SMILES string of the molecule is CNC(=O)[C@@H](Cc1ccccc1)N(Cc1ccccc1Cl)C(=O)CN(c1cc(Cl)ccc1Cl)S(C)(=O)=O. The molecule has 0 fully saturated rings. The van der Waals surface area contributed by atoms with Crippen LogP contribution in [0.4, 0.5) is 5.69 Å². The van der Waals surface area contributed by atoms with Crippen LogP contribution in [0.2, 0.25) is 15.1 Å². The van der Waals surface area contributed by atoms with Crippen molar-refractivity contribution in [3.63, 3.8) is 0 Å². The van der Waals surface area contributed by atoms with Crippen LogP contribution >= 0.6 is 34.8 Å². The van der Waals surface area contributed by atoms with Gasteiger partial charge in [-0.05, 0) is 35.4 Å². The number of anilines is 1. The van der Waals surface area contributed by atoms with Crippen LogP contribution in [0, 0.1) is 0 Å². The molecule has 0 saturated carbocycles. The number of carbonyl (C=O) groups is 2. The third kappa shape index (κ3) is 7.61. The molecule has 0 aliphatic heterocycles. The van der Waals surface area contributed by atoms with E-state index in [9.17, 15) is 18.0 Å². The Morgan fingerprint density at radius 1 is 0.919 bits per heavy atom. The highest BCUT2D eigenvalue weighted by molar-refractivity contribution is 7.92. The largest absolute Gasteiger partial charge is 0.357 e. The van der Waals surface area contributed by atoms with E-state index in [-0.39, 0.29) is 28.7 Å². The molecule has 11 heteroatoms. The maximum atomic E-state index is 13.9. The number of carbonyl (C=O) groups excluding carboxylic acids is 2. The molecule has 2 amide bonds. The standard InChI is InChI=1S/C26H26Cl3N3O4S/c1-30-26(34)24(14-18-8-4-3-5-9-18)31(16-19-10-6-7-11-21(19)28)25(33)17-32(37(2,35)36)23-15-20(27)12-13-22(23)29/h3-13,15,24H,14,16-17H2,1-2H3,(H,30,34)/t24-/m1/s1. The number of hydrogen-bond acceptors (Lipinski definition) is 4. The predicted octanol–water partition coefficient (Wildman–Crippen LogP) is 4.80. The van der Waals surface area contributed by atoms with Gasteiger partial charge in [-0.3, -0.25) is 13.9 Å². The molecule has 1 N–H and O–H groups in total. The zero-order valence-corrected chi connectivity index (χ0v) is 23.3. The smallest absolute Gasteiger partial charge is 0.244 e. The Balaban J connectivity index is 2.07. The summed E-state index contributed by atoms with van der Waals surface area (Å²) in [7, 11) is -2.48. The summed E-state index contributed by atoms with van der Waals surface area (Å²) >= 11 is 18.8. The highest BCUT2D eigenvalue weighted by atomic mass is 35.5. The summed E-state index contributed by atoms with van der Waals surface area (Å²) in [6.07, 6.45) is 1.17. The molecule has 0 radical (unpaired) electrons. The quantitative estimate of drug-likeness (QED) is 0.372. The normalized spacial score (nSPS) is 12.0. The Morgan fingerprint density at radius 3 is 2.19 bits per heavy atom. The molecule has 3 aromatic rings. The van der Waals surface area contributed by atoms with Crippen LogP contribution < -0.4 is 9.62 Å². The Kier molecular flexibility index (Phi) is 9.84. The number of nitrogens with one attached hydrogen (secondary N) is 1. The maximum Gasteiger partial charge on any atom is 0.244 e. The molecule has 0 aliphatic carbocycles. The molecule has 0 saturated heterocycles. The van der Waals surface area contributed by atoms with Crippen molar-refractivity contribution in [2.45, 2.75) is 19.0 Å². The topological polar surface area (TPSA) is 86.8 Å². The summed E-state index contributed by atoms with van der Waals surface area (Å²) in [4.78, 5) is 28.3. The monoisotopic (exact) mass is 581 g/mol. The maximum absolute atomic E-state index is 13.9. The summed E-state index contributed by atoms with van der Waals surface area (Å²) in [6.45, 7) is -0.629. The van der Waals surface area contributed by atoms with Gasteiger partial charge in [0, 0.05) is 30.1 Å². The zero-order valence-electron chi connectivity index (χ0n) is 20.2. The van der Waals surface area contributed by atoms with Crippen LogP contribution in [0.15, 0.2) is 72.8 Å². The van der Waals surface area contributed by atoms with E-state index in [1.165, 1.54) is 30.1 Å². The summed E-state index contributed by atoms with van der Waals surface area (Å²) in [5.41, 5.74) is 1.49. The van der Waals surface area contributed by atoms with Gasteiger partial charge in [0.1, 0.15) is 12.6 Å². The number of sulfonamides is 1. The van der Waals surface area contributed by atoms with Crippen molar-refractivity contribution in [3.05, 3.63) is 99.0 Å². The minimum absolute atomic E-state index is 0.0235. The summed E-state index contributed by atoms with van der Waals surface area (Å²) < 4.78 is 26.4. The van der Waals surface area contributed by atoms with Gasteiger partial charge in [0.25, 0.3) is 0 Å². The van der Waals surface area contributed by atoms with Crippen molar-refractivity contribution in [2.24, 2.45) is 0 Å². The molecule has 3 aromatic carbocycles. The van der Waals surface area contributed by atoms with Gasteiger partial charge in [0.2, 0.25) is 21.8 Å². The molecule has 0 heterocycles. The lowest BCUT2D eigenvalue weighted by atomic mass is 10.0. The van der Waals surface area contributed by atoms with Crippen molar-refractivity contribution in [3.8, 4) is 0 Å². The first-order valence-electron chi connectivity index (χ1n) is 11.2. The molecular weight excluding hydrogens is 557 g/mol. The van der Waals surface area contributed by atoms with Crippen LogP contribution in [-0.4, -0.2) is 51.0 Å². The lowest BCUT2D eigenvalue weighted by Gasteiger charge is -2.33. The first kappa shape index (κ1) is 28.8. The van der Waals surface area contributed by atoms with Crippen molar-refractivity contribution in [2.75, 3.05) is 24.2 Å². The van der Waals surface area contributed by atoms with Gasteiger partial charge in [-0.15, -0.1) is 0 Å². The van der Waals surface area contributed by atoms with E-state index in [0.717, 1.165) is 16.1 Å². The van der Waals surface area contributed by atoms with E-state index >= 15 is 0 Å². The highest BCUT2D eigenvalue weighted by Gasteiger charge is 2.33. The van der Waals surface area contributed by atoms with Crippen molar-refractivity contribution < 1.29 is 18.0 Å². The second-order valence-electron chi connectivity index (χ2n) is 8.30. The van der Waals surface area contributed by atoms with Crippen LogP contribution in [0.25, 0.3) is 0 Å². The first-order chi connectivity index (χ1) is 17.5. The minimum Gasteiger partial charge on any atom is -0.357 e. The van der Waals surface area contributed by atoms with Gasteiger partial charge in [-0.25, -0.2) is 8.42 Å². The van der Waals surface area contributed by atoms with Gasteiger partial charge < -0.3 is 10.2 Å². The number of hydrogen-bond donors (Lipinski definition) is 1. The Morgan fingerprint density at radius 2 is 1.57 bits per heavy atom. The first-order valence-corrected chi connectivity index (χ1v) is 14.2. The molecule has 37 heavy (non-hydrogen) atoms. The fourth-order valence-corrected chi connectivity index (χ4v) is 5.29. The average Bonchev–Trinajstić information content (AvgIpc) is 2.86. The third-order valence-corrected chi connectivity index (χ3v) is 7.72. The van der Waals surface area contributed by atoms with Crippen molar-refractivity contribution >= 4 is 62.3 Å². The van der Waals surface area contributed by atoms with E-state index in [1.807, 2.05) is 30.3 Å². The summed E-state index contributed by atoms with van der Waals surface area (Å²) in [6, 6.07) is 19.6. The fourth-order valence-electron chi connectivity index (χ4n) is 3.80. The molecule has 0 aromatic heterocycles. The Labute approximate surface area is 232 Å². The number of amides is 2. The second-order valence-corrected chi connectivity index (χ2v) is 11.5. The fraction of sp³-hybridized carbons (Fsp3) is 0.231. The number of halogens is 3. The van der Waals surface area contributed by atoms with Gasteiger partial charge in [0.05, 0.1) is 17.0 Å². The molecule has 0 spiro atoms. The number of nitrogens with zero attached hydrogens (tertiary/aromatic N) is 2. The molecule has 0 aliphatic rings. The van der Waals surface area contributed by atoms with E-state index in [2.05, 4.69) is 5.32 Å². The van der Waals surface area contributed by atoms with Crippen molar-refractivity contribution in [1.82, 2.24) is 10.2 Å². The predicted molar refractivity (Wildman–Crippen MR) is 149 cm³/mol. The Hall–Kier alpha value is -2.78. The van der Waals surface area contributed by atoms with Gasteiger partial charge in [-0.1, -0.05) is 83.3 Å². The lowest BCUT2D eigenvalue weighted by molar-refractivity contribution is -0.139. The lowest BCUT2D eigenvalue weighted by Crippen LogP contribution is -2.53. The molecule has 0 bridgehead atoms. The minimum atomic E-state index is -3.96. The summed E-state index contributed by atoms with van der Waals surface area (Å²) in [5, 5.41) is 3.38. The molecule has 3 rings (SSSR count). The number of benzene rings is 3. The molecule has 0 unspecified atom stereocenters. The van der Waals surface area contributed by atoms with Gasteiger partial charge >= 0.3 is 0 Å². The van der Waals surface area contributed by atoms with E-state index in [0.29, 0.717) is 10.6 Å². The third-order valence-electron chi connectivity index (χ3n) is 5.67. The zero-order chi connectivity index (χ0) is 27.2.